The van der Waals surface area contributed by atoms with Crippen LogP contribution in [0.1, 0.15) is 50.7 Å². The van der Waals surface area contributed by atoms with Crippen molar-refractivity contribution in [2.75, 3.05) is 0 Å². The summed E-state index contributed by atoms with van der Waals surface area (Å²) in [5.74, 6) is -0.181. The second-order valence-corrected chi connectivity index (χ2v) is 7.31. The van der Waals surface area contributed by atoms with Crippen molar-refractivity contribution in [3.05, 3.63) is 65.5 Å². The number of carboxylic acids is 1. The summed E-state index contributed by atoms with van der Waals surface area (Å²) in [4.78, 5) is 11.1. The molecule has 0 unspecified atom stereocenters. The average molecular weight is 358 g/mol. The molecule has 0 saturated carbocycles. The third-order valence-corrected chi connectivity index (χ3v) is 4.59. The molecule has 140 valence electrons. The Hall–Kier alpha value is -2.36. The van der Waals surface area contributed by atoms with Crippen molar-refractivity contribution in [2.24, 2.45) is 5.41 Å². The molecule has 4 heteroatoms. The SMILES string of the molecule is CC(C)(CCCCCc1ccc(OCc2ccc(F)cc2)cc1)C(=O)O. The third kappa shape index (κ3) is 6.51. The Morgan fingerprint density at radius 1 is 0.962 bits per heavy atom. The van der Waals surface area contributed by atoms with Crippen LogP contribution in [0.15, 0.2) is 48.5 Å². The van der Waals surface area contributed by atoms with Crippen LogP contribution in [0.5, 0.6) is 5.75 Å². The van der Waals surface area contributed by atoms with Crippen molar-refractivity contribution in [1.29, 1.82) is 0 Å². The molecule has 0 radical (unpaired) electrons. The van der Waals surface area contributed by atoms with Crippen molar-refractivity contribution in [3.63, 3.8) is 0 Å². The van der Waals surface area contributed by atoms with E-state index in [0.29, 0.717) is 13.0 Å². The molecule has 0 bridgehead atoms. The summed E-state index contributed by atoms with van der Waals surface area (Å²) in [6.07, 6.45) is 4.69. The molecule has 2 rings (SSSR count). The highest BCUT2D eigenvalue weighted by Gasteiger charge is 2.25. The van der Waals surface area contributed by atoms with E-state index in [1.165, 1.54) is 17.7 Å². The van der Waals surface area contributed by atoms with Gasteiger partial charge in [-0.2, -0.15) is 0 Å². The van der Waals surface area contributed by atoms with Gasteiger partial charge in [-0.1, -0.05) is 37.1 Å². The normalized spacial score (nSPS) is 11.3. The van der Waals surface area contributed by atoms with Crippen molar-refractivity contribution in [1.82, 2.24) is 0 Å². The highest BCUT2D eigenvalue weighted by molar-refractivity contribution is 5.73. The number of unbranched alkanes of at least 4 members (excludes halogenated alkanes) is 2. The van der Waals surface area contributed by atoms with E-state index in [4.69, 9.17) is 9.84 Å². The molecule has 0 aliphatic carbocycles. The van der Waals surface area contributed by atoms with Gasteiger partial charge in [0.15, 0.2) is 0 Å². The van der Waals surface area contributed by atoms with Crippen molar-refractivity contribution in [2.45, 2.75) is 52.6 Å². The van der Waals surface area contributed by atoms with Gasteiger partial charge in [0, 0.05) is 0 Å². The number of benzene rings is 2. The molecule has 0 aromatic heterocycles. The smallest absolute Gasteiger partial charge is 0.309 e. The minimum Gasteiger partial charge on any atom is -0.489 e. The van der Waals surface area contributed by atoms with E-state index >= 15 is 0 Å². The van der Waals surface area contributed by atoms with Gasteiger partial charge in [0.05, 0.1) is 5.41 Å². The molecule has 0 saturated heterocycles. The molecular formula is C22H27FO3. The molecular weight excluding hydrogens is 331 g/mol. The van der Waals surface area contributed by atoms with Gasteiger partial charge in [-0.25, -0.2) is 4.39 Å². The number of halogens is 1. The molecule has 0 heterocycles. The maximum atomic E-state index is 12.9. The van der Waals surface area contributed by atoms with Crippen molar-refractivity contribution < 1.29 is 19.0 Å². The first-order valence-electron chi connectivity index (χ1n) is 9.06. The van der Waals surface area contributed by atoms with Gasteiger partial charge in [-0.15, -0.1) is 0 Å². The fraction of sp³-hybridized carbons (Fsp3) is 0.409. The number of hydrogen-bond donors (Lipinski definition) is 1. The highest BCUT2D eigenvalue weighted by atomic mass is 19.1. The molecule has 3 nitrogen and oxygen atoms in total. The number of aliphatic carboxylic acids is 1. The molecule has 2 aromatic carbocycles. The molecule has 1 N–H and O–H groups in total. The number of aryl methyl sites for hydroxylation is 1. The lowest BCUT2D eigenvalue weighted by atomic mass is 9.87. The highest BCUT2D eigenvalue weighted by Crippen LogP contribution is 2.24. The van der Waals surface area contributed by atoms with E-state index in [1.54, 1.807) is 26.0 Å². The summed E-state index contributed by atoms with van der Waals surface area (Å²) < 4.78 is 18.6. The minimum atomic E-state index is -0.728. The standard InChI is InChI=1S/C22H27FO3/c1-22(2,21(24)25)15-5-3-4-6-17-9-13-20(14-10-17)26-16-18-7-11-19(23)12-8-18/h7-14H,3-6,15-16H2,1-2H3,(H,24,25). The van der Waals surface area contributed by atoms with Gasteiger partial charge < -0.3 is 9.84 Å². The maximum absolute atomic E-state index is 12.9. The Bertz CT molecular complexity index is 690. The van der Waals surface area contributed by atoms with E-state index in [0.717, 1.165) is 37.0 Å². The summed E-state index contributed by atoms with van der Waals surface area (Å²) in [6.45, 7) is 3.97. The van der Waals surface area contributed by atoms with Crippen LogP contribution in [-0.2, 0) is 17.8 Å². The Labute approximate surface area is 154 Å². The van der Waals surface area contributed by atoms with Crippen molar-refractivity contribution in [3.8, 4) is 5.75 Å². The first-order valence-corrected chi connectivity index (χ1v) is 9.06. The lowest BCUT2D eigenvalue weighted by Crippen LogP contribution is -2.23. The summed E-state index contributed by atoms with van der Waals surface area (Å²) in [5, 5.41) is 9.10. The Balaban J connectivity index is 1.69. The second kappa shape index (κ2) is 9.37. The van der Waals surface area contributed by atoms with Gasteiger partial charge in [0.1, 0.15) is 18.2 Å². The quantitative estimate of drug-likeness (QED) is 0.561. The third-order valence-electron chi connectivity index (χ3n) is 4.59. The lowest BCUT2D eigenvalue weighted by Gasteiger charge is -2.18. The van der Waals surface area contributed by atoms with E-state index in [2.05, 4.69) is 12.1 Å². The summed E-state index contributed by atoms with van der Waals surface area (Å²) in [5.41, 5.74) is 1.54. The van der Waals surface area contributed by atoms with Crippen LogP contribution in [0.2, 0.25) is 0 Å². The van der Waals surface area contributed by atoms with Crippen LogP contribution in [0.3, 0.4) is 0 Å². The van der Waals surface area contributed by atoms with Gasteiger partial charge in [0.25, 0.3) is 0 Å². The number of carboxylic acid groups (broad SMARTS) is 1. The second-order valence-electron chi connectivity index (χ2n) is 7.31. The van der Waals surface area contributed by atoms with Gasteiger partial charge in [0.2, 0.25) is 0 Å². The lowest BCUT2D eigenvalue weighted by molar-refractivity contribution is -0.147. The number of rotatable bonds is 10. The zero-order valence-electron chi connectivity index (χ0n) is 15.5. The van der Waals surface area contributed by atoms with E-state index in [1.807, 2.05) is 12.1 Å². The first-order chi connectivity index (χ1) is 12.4. The monoisotopic (exact) mass is 358 g/mol. The van der Waals surface area contributed by atoms with Crippen LogP contribution in [-0.4, -0.2) is 11.1 Å². The predicted octanol–water partition coefficient (Wildman–Crippen LogP) is 5.62. The molecule has 0 amide bonds. The summed E-state index contributed by atoms with van der Waals surface area (Å²) in [6, 6.07) is 14.3. The van der Waals surface area contributed by atoms with Crippen LogP contribution in [0.25, 0.3) is 0 Å². The van der Waals surface area contributed by atoms with Crippen LogP contribution < -0.4 is 4.74 Å². The summed E-state index contributed by atoms with van der Waals surface area (Å²) in [7, 11) is 0. The Kier molecular flexibility index (Phi) is 7.19. The minimum absolute atomic E-state index is 0.246. The Morgan fingerprint density at radius 3 is 2.19 bits per heavy atom. The fourth-order valence-corrected chi connectivity index (χ4v) is 2.68. The zero-order chi connectivity index (χ0) is 19.0. The molecule has 0 atom stereocenters. The average Bonchev–Trinajstić information content (AvgIpc) is 2.62. The topological polar surface area (TPSA) is 46.5 Å². The Morgan fingerprint density at radius 2 is 1.58 bits per heavy atom. The number of carbonyl (C=O) groups is 1. The van der Waals surface area contributed by atoms with Gasteiger partial charge >= 0.3 is 5.97 Å². The molecule has 0 fully saturated rings. The largest absolute Gasteiger partial charge is 0.489 e. The number of ether oxygens (including phenoxy) is 1. The first kappa shape index (κ1) is 20.0. The van der Waals surface area contributed by atoms with E-state index in [-0.39, 0.29) is 5.82 Å². The summed E-state index contributed by atoms with van der Waals surface area (Å²) >= 11 is 0. The van der Waals surface area contributed by atoms with Crippen molar-refractivity contribution >= 4 is 5.97 Å². The number of hydrogen-bond acceptors (Lipinski definition) is 2. The molecule has 0 aliphatic heterocycles. The molecule has 0 spiro atoms. The molecule has 2 aromatic rings. The van der Waals surface area contributed by atoms with Gasteiger partial charge in [-0.05, 0) is 68.5 Å². The van der Waals surface area contributed by atoms with Crippen LogP contribution >= 0.6 is 0 Å². The van der Waals surface area contributed by atoms with E-state index < -0.39 is 11.4 Å². The molecule has 26 heavy (non-hydrogen) atoms. The molecule has 0 aliphatic rings. The van der Waals surface area contributed by atoms with E-state index in [9.17, 15) is 9.18 Å². The van der Waals surface area contributed by atoms with Gasteiger partial charge in [-0.3, -0.25) is 4.79 Å². The van der Waals surface area contributed by atoms with Crippen LogP contribution in [0.4, 0.5) is 4.39 Å². The maximum Gasteiger partial charge on any atom is 0.309 e. The van der Waals surface area contributed by atoms with Crippen LogP contribution in [0, 0.1) is 11.2 Å². The predicted molar refractivity (Wildman–Crippen MR) is 101 cm³/mol. The zero-order valence-corrected chi connectivity index (χ0v) is 15.5. The fourth-order valence-electron chi connectivity index (χ4n) is 2.68.